The molecule has 0 atom stereocenters. The minimum Gasteiger partial charge on any atom is -0.325 e. The summed E-state index contributed by atoms with van der Waals surface area (Å²) in [5.74, 6) is -2.78. The zero-order chi connectivity index (χ0) is 9.90. The molecule has 0 aromatic heterocycles. The number of hydrogen-bond donors (Lipinski definition) is 1. The van der Waals surface area contributed by atoms with Crippen LogP contribution in [-0.2, 0) is 6.42 Å². The molecule has 3 heteroatoms. The third kappa shape index (κ3) is 3.11. The van der Waals surface area contributed by atoms with Gasteiger partial charge in [-0.15, -0.1) is 0 Å². The number of rotatable bonds is 3. The van der Waals surface area contributed by atoms with E-state index >= 15 is 0 Å². The number of alkyl halides is 2. The lowest BCUT2D eigenvalue weighted by molar-refractivity contribution is 0.0115. The molecule has 0 aliphatic carbocycles. The average molecular weight is 185 g/mol. The fourth-order valence-electron chi connectivity index (χ4n) is 1.19. The highest BCUT2D eigenvalue weighted by Crippen LogP contribution is 2.18. The highest BCUT2D eigenvalue weighted by atomic mass is 19.3. The second-order valence-corrected chi connectivity index (χ2v) is 3.23. The van der Waals surface area contributed by atoms with Gasteiger partial charge in [-0.2, -0.15) is 0 Å². The van der Waals surface area contributed by atoms with Gasteiger partial charge in [-0.25, -0.2) is 8.78 Å². The summed E-state index contributed by atoms with van der Waals surface area (Å²) in [4.78, 5) is 0. The largest absolute Gasteiger partial charge is 0.325 e. The molecular weight excluding hydrogens is 172 g/mol. The molecule has 1 aromatic carbocycles. The predicted molar refractivity (Wildman–Crippen MR) is 48.9 cm³/mol. The second-order valence-electron chi connectivity index (χ2n) is 3.23. The fraction of sp³-hybridized carbons (Fsp3) is 0.400. The van der Waals surface area contributed by atoms with Crippen LogP contribution in [0, 0.1) is 6.92 Å². The van der Waals surface area contributed by atoms with Crippen LogP contribution < -0.4 is 5.73 Å². The van der Waals surface area contributed by atoms with Gasteiger partial charge in [0.05, 0.1) is 6.54 Å². The standard InChI is InChI=1S/C10H13F2N/c1-8-3-2-4-9(5-8)6-10(11,12)7-13/h2-5H,6-7,13H2,1H3. The van der Waals surface area contributed by atoms with E-state index in [9.17, 15) is 8.78 Å². The van der Waals surface area contributed by atoms with Crippen molar-refractivity contribution in [2.75, 3.05) is 6.54 Å². The Bertz CT molecular complexity index is 284. The van der Waals surface area contributed by atoms with E-state index in [2.05, 4.69) is 0 Å². The Labute approximate surface area is 76.6 Å². The highest BCUT2D eigenvalue weighted by Gasteiger charge is 2.26. The van der Waals surface area contributed by atoms with Crippen molar-refractivity contribution in [3.8, 4) is 0 Å². The number of hydrogen-bond acceptors (Lipinski definition) is 1. The zero-order valence-electron chi connectivity index (χ0n) is 7.56. The van der Waals surface area contributed by atoms with Crippen molar-refractivity contribution in [3.05, 3.63) is 35.4 Å². The minimum atomic E-state index is -2.78. The van der Waals surface area contributed by atoms with Crippen molar-refractivity contribution in [2.24, 2.45) is 5.73 Å². The van der Waals surface area contributed by atoms with Crippen molar-refractivity contribution < 1.29 is 8.78 Å². The Balaban J connectivity index is 2.74. The van der Waals surface area contributed by atoms with Gasteiger partial charge in [0.15, 0.2) is 0 Å². The molecule has 0 fully saturated rings. The summed E-state index contributed by atoms with van der Waals surface area (Å²) in [6, 6.07) is 7.10. The summed E-state index contributed by atoms with van der Waals surface area (Å²) in [5.41, 5.74) is 6.57. The molecule has 0 aliphatic heterocycles. The third-order valence-corrected chi connectivity index (χ3v) is 1.84. The zero-order valence-corrected chi connectivity index (χ0v) is 7.56. The molecule has 0 amide bonds. The minimum absolute atomic E-state index is 0.273. The molecular formula is C10H13F2N. The Morgan fingerprint density at radius 1 is 1.38 bits per heavy atom. The van der Waals surface area contributed by atoms with Crippen LogP contribution in [0.5, 0.6) is 0 Å². The van der Waals surface area contributed by atoms with Crippen LogP contribution >= 0.6 is 0 Å². The fourth-order valence-corrected chi connectivity index (χ4v) is 1.19. The molecule has 0 saturated carbocycles. The van der Waals surface area contributed by atoms with Crippen molar-refractivity contribution in [1.82, 2.24) is 0 Å². The lowest BCUT2D eigenvalue weighted by Gasteiger charge is -2.13. The van der Waals surface area contributed by atoms with E-state index in [0.29, 0.717) is 5.56 Å². The molecule has 0 saturated heterocycles. The Kier molecular flexibility index (Phi) is 2.98. The summed E-state index contributed by atoms with van der Waals surface area (Å²) in [5, 5.41) is 0. The molecule has 0 radical (unpaired) electrons. The molecule has 2 N–H and O–H groups in total. The monoisotopic (exact) mass is 185 g/mol. The van der Waals surface area contributed by atoms with Crippen molar-refractivity contribution in [1.29, 1.82) is 0 Å². The second kappa shape index (κ2) is 3.83. The summed E-state index contributed by atoms with van der Waals surface area (Å²) in [6.07, 6.45) is -0.273. The lowest BCUT2D eigenvalue weighted by Crippen LogP contribution is -2.30. The summed E-state index contributed by atoms with van der Waals surface area (Å²) in [6.45, 7) is 1.28. The molecule has 1 aromatic rings. The van der Waals surface area contributed by atoms with Crippen LogP contribution in [0.4, 0.5) is 8.78 Å². The van der Waals surface area contributed by atoms with E-state index in [1.54, 1.807) is 18.2 Å². The lowest BCUT2D eigenvalue weighted by atomic mass is 10.1. The maximum Gasteiger partial charge on any atom is 0.264 e. The van der Waals surface area contributed by atoms with Crippen LogP contribution in [0.15, 0.2) is 24.3 Å². The molecule has 0 bridgehead atoms. The van der Waals surface area contributed by atoms with Crippen molar-refractivity contribution in [3.63, 3.8) is 0 Å². The van der Waals surface area contributed by atoms with Crippen LogP contribution in [0.25, 0.3) is 0 Å². The maximum absolute atomic E-state index is 12.8. The molecule has 1 nitrogen and oxygen atoms in total. The molecule has 0 unspecified atom stereocenters. The molecule has 0 spiro atoms. The number of halogens is 2. The van der Waals surface area contributed by atoms with E-state index < -0.39 is 12.5 Å². The van der Waals surface area contributed by atoms with Gasteiger partial charge in [0, 0.05) is 6.42 Å². The molecule has 0 aliphatic rings. The molecule has 0 heterocycles. The first-order valence-corrected chi connectivity index (χ1v) is 4.17. The van der Waals surface area contributed by atoms with Gasteiger partial charge in [0.1, 0.15) is 0 Å². The van der Waals surface area contributed by atoms with Gasteiger partial charge in [-0.3, -0.25) is 0 Å². The van der Waals surface area contributed by atoms with Crippen LogP contribution in [0.2, 0.25) is 0 Å². The quantitative estimate of drug-likeness (QED) is 0.767. The van der Waals surface area contributed by atoms with Gasteiger partial charge in [0.2, 0.25) is 0 Å². The van der Waals surface area contributed by atoms with Crippen LogP contribution in [-0.4, -0.2) is 12.5 Å². The van der Waals surface area contributed by atoms with Gasteiger partial charge < -0.3 is 5.73 Å². The van der Waals surface area contributed by atoms with Crippen LogP contribution in [0.3, 0.4) is 0 Å². The van der Waals surface area contributed by atoms with Crippen molar-refractivity contribution >= 4 is 0 Å². The third-order valence-electron chi connectivity index (χ3n) is 1.84. The Morgan fingerprint density at radius 3 is 2.62 bits per heavy atom. The first-order chi connectivity index (χ1) is 6.03. The Morgan fingerprint density at radius 2 is 2.08 bits per heavy atom. The SMILES string of the molecule is Cc1cccc(CC(F)(F)CN)c1. The van der Waals surface area contributed by atoms with Crippen molar-refractivity contribution in [2.45, 2.75) is 19.3 Å². The van der Waals surface area contributed by atoms with Gasteiger partial charge in [-0.05, 0) is 12.5 Å². The van der Waals surface area contributed by atoms with Gasteiger partial charge in [-0.1, -0.05) is 29.8 Å². The van der Waals surface area contributed by atoms with E-state index in [0.717, 1.165) is 5.56 Å². The van der Waals surface area contributed by atoms with E-state index in [4.69, 9.17) is 5.73 Å². The summed E-state index contributed by atoms with van der Waals surface area (Å²) >= 11 is 0. The molecule has 1 rings (SSSR count). The number of nitrogens with two attached hydrogens (primary N) is 1. The Hall–Kier alpha value is -0.960. The predicted octanol–water partition coefficient (Wildman–Crippen LogP) is 2.13. The highest BCUT2D eigenvalue weighted by molar-refractivity contribution is 5.23. The topological polar surface area (TPSA) is 26.0 Å². The smallest absolute Gasteiger partial charge is 0.264 e. The summed E-state index contributed by atoms with van der Waals surface area (Å²) in [7, 11) is 0. The molecule has 72 valence electrons. The van der Waals surface area contributed by atoms with Gasteiger partial charge in [0.25, 0.3) is 5.92 Å². The normalized spacial score (nSPS) is 11.7. The first kappa shape index (κ1) is 10.1. The maximum atomic E-state index is 12.8. The van der Waals surface area contributed by atoms with Crippen LogP contribution in [0.1, 0.15) is 11.1 Å². The summed E-state index contributed by atoms with van der Waals surface area (Å²) < 4.78 is 25.7. The first-order valence-electron chi connectivity index (χ1n) is 4.17. The number of benzene rings is 1. The van der Waals surface area contributed by atoms with Gasteiger partial charge >= 0.3 is 0 Å². The average Bonchev–Trinajstić information content (AvgIpc) is 2.03. The van der Waals surface area contributed by atoms with E-state index in [1.165, 1.54) is 0 Å². The molecule has 13 heavy (non-hydrogen) atoms. The van der Waals surface area contributed by atoms with E-state index in [1.807, 2.05) is 13.0 Å². The van der Waals surface area contributed by atoms with E-state index in [-0.39, 0.29) is 6.42 Å². The number of aryl methyl sites for hydroxylation is 1.